The van der Waals surface area contributed by atoms with Crippen LogP contribution in [-0.4, -0.2) is 49.4 Å². The number of carbonyl (C=O) groups is 2. The molecule has 27 heavy (non-hydrogen) atoms. The standard InChI is InChI=1S/C22H27N3O2/c1-17-8-9-20(14-18(17)2)22(27)23-15-21(26)25-12-10-24(11-13-25)16-19-6-4-3-5-7-19/h3-9,14H,10-13,15-16H2,1-2H3,(H,23,27)/p+1. The Morgan fingerprint density at radius 2 is 1.70 bits per heavy atom. The summed E-state index contributed by atoms with van der Waals surface area (Å²) in [5.41, 5.74) is 4.15. The predicted molar refractivity (Wildman–Crippen MR) is 106 cm³/mol. The number of hydrogen-bond donors (Lipinski definition) is 2. The molecule has 1 saturated heterocycles. The molecule has 1 aliphatic heterocycles. The van der Waals surface area contributed by atoms with Crippen LogP contribution >= 0.6 is 0 Å². The number of amides is 2. The van der Waals surface area contributed by atoms with Crippen LogP contribution in [0.3, 0.4) is 0 Å². The zero-order valence-electron chi connectivity index (χ0n) is 16.1. The minimum Gasteiger partial charge on any atom is -0.343 e. The molecule has 5 heteroatoms. The second-order valence-electron chi connectivity index (χ2n) is 7.27. The number of hydrogen-bond acceptors (Lipinski definition) is 2. The zero-order chi connectivity index (χ0) is 19.2. The number of nitrogens with one attached hydrogen (secondary N) is 2. The van der Waals surface area contributed by atoms with E-state index in [-0.39, 0.29) is 18.4 Å². The van der Waals surface area contributed by atoms with E-state index in [1.54, 1.807) is 6.07 Å². The molecule has 2 N–H and O–H groups in total. The first kappa shape index (κ1) is 19.1. The molecular formula is C22H28N3O2+. The minimum atomic E-state index is -0.195. The summed E-state index contributed by atoms with van der Waals surface area (Å²) in [6.07, 6.45) is 0. The van der Waals surface area contributed by atoms with Gasteiger partial charge < -0.3 is 15.1 Å². The number of carbonyl (C=O) groups excluding carboxylic acids is 2. The van der Waals surface area contributed by atoms with Crippen LogP contribution in [0.4, 0.5) is 0 Å². The third kappa shape index (κ3) is 5.17. The normalized spacial score (nSPS) is 14.8. The van der Waals surface area contributed by atoms with Gasteiger partial charge in [-0.3, -0.25) is 9.59 Å². The third-order valence-electron chi connectivity index (χ3n) is 5.29. The van der Waals surface area contributed by atoms with Crippen molar-refractivity contribution in [3.63, 3.8) is 0 Å². The zero-order valence-corrected chi connectivity index (χ0v) is 16.1. The number of nitrogens with zero attached hydrogens (tertiary/aromatic N) is 1. The average molecular weight is 366 g/mol. The van der Waals surface area contributed by atoms with Gasteiger partial charge in [-0.05, 0) is 37.1 Å². The van der Waals surface area contributed by atoms with Crippen molar-refractivity contribution >= 4 is 11.8 Å². The molecule has 142 valence electrons. The van der Waals surface area contributed by atoms with Gasteiger partial charge in [0, 0.05) is 11.1 Å². The SMILES string of the molecule is Cc1ccc(C(=O)NCC(=O)N2CC[NH+](Cc3ccccc3)CC2)cc1C. The predicted octanol–water partition coefficient (Wildman–Crippen LogP) is 0.961. The topological polar surface area (TPSA) is 53.9 Å². The fourth-order valence-electron chi connectivity index (χ4n) is 3.39. The van der Waals surface area contributed by atoms with Crippen molar-refractivity contribution < 1.29 is 14.5 Å². The molecule has 1 fully saturated rings. The molecule has 0 aromatic heterocycles. The molecule has 2 amide bonds. The van der Waals surface area contributed by atoms with E-state index in [1.165, 1.54) is 10.5 Å². The molecule has 0 unspecified atom stereocenters. The summed E-state index contributed by atoms with van der Waals surface area (Å²) in [7, 11) is 0. The van der Waals surface area contributed by atoms with E-state index in [4.69, 9.17) is 0 Å². The monoisotopic (exact) mass is 366 g/mol. The maximum absolute atomic E-state index is 12.4. The van der Waals surface area contributed by atoms with Crippen molar-refractivity contribution in [3.05, 3.63) is 70.8 Å². The van der Waals surface area contributed by atoms with Crippen molar-refractivity contribution in [1.29, 1.82) is 0 Å². The van der Waals surface area contributed by atoms with Crippen LogP contribution in [0.5, 0.6) is 0 Å². The summed E-state index contributed by atoms with van der Waals surface area (Å²) in [5.74, 6) is -0.203. The van der Waals surface area contributed by atoms with Gasteiger partial charge in [0.1, 0.15) is 6.54 Å². The summed E-state index contributed by atoms with van der Waals surface area (Å²) in [4.78, 5) is 28.0. The van der Waals surface area contributed by atoms with Crippen LogP contribution in [0.25, 0.3) is 0 Å². The highest BCUT2D eigenvalue weighted by Gasteiger charge is 2.24. The van der Waals surface area contributed by atoms with Gasteiger partial charge in [-0.2, -0.15) is 0 Å². The van der Waals surface area contributed by atoms with Gasteiger partial charge in [0.2, 0.25) is 5.91 Å². The molecule has 3 rings (SSSR count). The Hall–Kier alpha value is -2.66. The van der Waals surface area contributed by atoms with Gasteiger partial charge in [0.15, 0.2) is 0 Å². The van der Waals surface area contributed by atoms with E-state index in [2.05, 4.69) is 29.6 Å². The van der Waals surface area contributed by atoms with Crippen LogP contribution < -0.4 is 10.2 Å². The molecule has 5 nitrogen and oxygen atoms in total. The summed E-state index contributed by atoms with van der Waals surface area (Å²) in [6.45, 7) is 8.39. The van der Waals surface area contributed by atoms with E-state index in [0.717, 1.165) is 43.9 Å². The van der Waals surface area contributed by atoms with Crippen LogP contribution in [0.2, 0.25) is 0 Å². The maximum Gasteiger partial charge on any atom is 0.251 e. The fraction of sp³-hybridized carbons (Fsp3) is 0.364. The first-order valence-corrected chi connectivity index (χ1v) is 9.53. The first-order valence-electron chi connectivity index (χ1n) is 9.53. The number of rotatable bonds is 5. The molecule has 1 aliphatic rings. The van der Waals surface area contributed by atoms with E-state index >= 15 is 0 Å². The lowest BCUT2D eigenvalue weighted by Crippen LogP contribution is -3.13. The molecule has 0 aliphatic carbocycles. The van der Waals surface area contributed by atoms with E-state index in [0.29, 0.717) is 5.56 Å². The highest BCUT2D eigenvalue weighted by Crippen LogP contribution is 2.09. The summed E-state index contributed by atoms with van der Waals surface area (Å²) < 4.78 is 0. The van der Waals surface area contributed by atoms with Crippen molar-refractivity contribution in [2.75, 3.05) is 32.7 Å². The largest absolute Gasteiger partial charge is 0.343 e. The van der Waals surface area contributed by atoms with Gasteiger partial charge in [0.25, 0.3) is 5.91 Å². The summed E-state index contributed by atoms with van der Waals surface area (Å²) >= 11 is 0. The van der Waals surface area contributed by atoms with Crippen molar-refractivity contribution in [2.45, 2.75) is 20.4 Å². The molecule has 2 aromatic rings. The van der Waals surface area contributed by atoms with Crippen molar-refractivity contribution in [2.24, 2.45) is 0 Å². The Bertz CT molecular complexity index is 796. The van der Waals surface area contributed by atoms with Crippen LogP contribution in [0.1, 0.15) is 27.0 Å². The Balaban J connectivity index is 1.44. The highest BCUT2D eigenvalue weighted by molar-refractivity contribution is 5.96. The summed E-state index contributed by atoms with van der Waals surface area (Å²) in [5, 5.41) is 2.76. The smallest absolute Gasteiger partial charge is 0.251 e. The van der Waals surface area contributed by atoms with Crippen molar-refractivity contribution in [1.82, 2.24) is 10.2 Å². The lowest BCUT2D eigenvalue weighted by molar-refractivity contribution is -0.917. The molecule has 1 heterocycles. The van der Waals surface area contributed by atoms with E-state index in [1.807, 2.05) is 36.9 Å². The summed E-state index contributed by atoms with van der Waals surface area (Å²) in [6, 6.07) is 16.0. The van der Waals surface area contributed by atoms with Crippen LogP contribution in [-0.2, 0) is 11.3 Å². The lowest BCUT2D eigenvalue weighted by atomic mass is 10.1. The molecule has 0 bridgehead atoms. The van der Waals surface area contributed by atoms with Gasteiger partial charge in [-0.15, -0.1) is 0 Å². The number of quaternary nitrogens is 1. The highest BCUT2D eigenvalue weighted by atomic mass is 16.2. The second-order valence-corrected chi connectivity index (χ2v) is 7.27. The average Bonchev–Trinajstić information content (AvgIpc) is 2.69. The number of aryl methyl sites for hydroxylation is 2. The second kappa shape index (κ2) is 8.82. The lowest BCUT2D eigenvalue weighted by Gasteiger charge is -2.32. The molecule has 0 atom stereocenters. The van der Waals surface area contributed by atoms with Gasteiger partial charge >= 0.3 is 0 Å². The Kier molecular flexibility index (Phi) is 6.24. The van der Waals surface area contributed by atoms with Crippen LogP contribution in [0, 0.1) is 13.8 Å². The molecular weight excluding hydrogens is 338 g/mol. The fourth-order valence-corrected chi connectivity index (χ4v) is 3.39. The Labute approximate surface area is 161 Å². The molecule has 0 radical (unpaired) electrons. The Morgan fingerprint density at radius 1 is 1.00 bits per heavy atom. The number of piperazine rings is 1. The maximum atomic E-state index is 12.4. The van der Waals surface area contributed by atoms with Crippen molar-refractivity contribution in [3.8, 4) is 0 Å². The molecule has 0 spiro atoms. The van der Waals surface area contributed by atoms with Crippen LogP contribution in [0.15, 0.2) is 48.5 Å². The van der Waals surface area contributed by atoms with E-state index in [9.17, 15) is 9.59 Å². The quantitative estimate of drug-likeness (QED) is 0.828. The van der Waals surface area contributed by atoms with Gasteiger partial charge in [-0.1, -0.05) is 36.4 Å². The molecule has 0 saturated carbocycles. The number of benzene rings is 2. The minimum absolute atomic E-state index is 0.00838. The van der Waals surface area contributed by atoms with Gasteiger partial charge in [-0.25, -0.2) is 0 Å². The van der Waals surface area contributed by atoms with Gasteiger partial charge in [0.05, 0.1) is 32.7 Å². The third-order valence-corrected chi connectivity index (χ3v) is 5.29. The first-order chi connectivity index (χ1) is 13.0. The Morgan fingerprint density at radius 3 is 2.37 bits per heavy atom. The van der Waals surface area contributed by atoms with E-state index < -0.39 is 0 Å². The molecule has 2 aromatic carbocycles.